The highest BCUT2D eigenvalue weighted by Gasteiger charge is 2.07. The molecule has 0 spiro atoms. The molecule has 0 amide bonds. The van der Waals surface area contributed by atoms with Gasteiger partial charge in [0.1, 0.15) is 0 Å². The molecule has 0 bridgehead atoms. The molecule has 0 saturated heterocycles. The van der Waals surface area contributed by atoms with E-state index in [1.165, 1.54) is 0 Å². The van der Waals surface area contributed by atoms with Crippen molar-refractivity contribution in [1.82, 2.24) is 0 Å². The van der Waals surface area contributed by atoms with Crippen molar-refractivity contribution in [3.05, 3.63) is 90.5 Å². The second-order valence-electron chi connectivity index (χ2n) is 5.05. The molecule has 0 unspecified atom stereocenters. The van der Waals surface area contributed by atoms with E-state index in [9.17, 15) is 0 Å². The lowest BCUT2D eigenvalue weighted by molar-refractivity contribution is 1.20. The lowest BCUT2D eigenvalue weighted by Crippen LogP contribution is -2.09. The van der Waals surface area contributed by atoms with Crippen LogP contribution in [0.2, 0.25) is 0 Å². The quantitative estimate of drug-likeness (QED) is 0.601. The number of hydrogen-bond acceptors (Lipinski definition) is 2. The van der Waals surface area contributed by atoms with Gasteiger partial charge in [-0.15, -0.1) is 0 Å². The van der Waals surface area contributed by atoms with Crippen molar-refractivity contribution >= 4 is 23.3 Å². The maximum atomic E-state index is 4.66. The van der Waals surface area contributed by atoms with Crippen molar-refractivity contribution in [1.29, 1.82) is 0 Å². The first kappa shape index (κ1) is 14.1. The number of aliphatic imine (C=N–C) groups is 1. The van der Waals surface area contributed by atoms with Gasteiger partial charge in [0.05, 0.1) is 11.4 Å². The number of rotatable bonds is 4. The number of hydrogen-bond donors (Lipinski definition) is 0. The van der Waals surface area contributed by atoms with E-state index in [1.54, 1.807) is 0 Å². The molecule has 0 atom stereocenters. The molecular weight excluding hydrogens is 268 g/mol. The molecule has 3 rings (SSSR count). The van der Waals surface area contributed by atoms with Gasteiger partial charge in [0.2, 0.25) is 0 Å². The fourth-order valence-electron chi connectivity index (χ4n) is 2.33. The van der Waals surface area contributed by atoms with Crippen LogP contribution in [-0.4, -0.2) is 13.3 Å². The van der Waals surface area contributed by atoms with Crippen molar-refractivity contribution < 1.29 is 0 Å². The Balaban J connectivity index is 1.92. The zero-order chi connectivity index (χ0) is 15.2. The molecule has 0 heterocycles. The summed E-state index contributed by atoms with van der Waals surface area (Å²) < 4.78 is 0. The molecule has 2 nitrogen and oxygen atoms in total. The van der Waals surface area contributed by atoms with Gasteiger partial charge in [-0.3, -0.25) is 4.99 Å². The third-order valence-corrected chi connectivity index (χ3v) is 3.54. The van der Waals surface area contributed by atoms with Crippen LogP contribution in [0, 0.1) is 0 Å². The normalized spacial score (nSPS) is 10.8. The molecule has 3 aromatic carbocycles. The third-order valence-electron chi connectivity index (χ3n) is 3.54. The van der Waals surface area contributed by atoms with Crippen molar-refractivity contribution in [3.8, 4) is 0 Å². The van der Waals surface area contributed by atoms with Crippen LogP contribution in [0.3, 0.4) is 0 Å². The summed E-state index contributed by atoms with van der Waals surface area (Å²) in [6.07, 6.45) is 1.90. The number of nitrogens with zero attached hydrogens (tertiary/aromatic N) is 2. The molecule has 3 aromatic rings. The van der Waals surface area contributed by atoms with Crippen molar-refractivity contribution in [2.75, 3.05) is 11.9 Å². The Morgan fingerprint density at radius 3 is 2.05 bits per heavy atom. The number of anilines is 2. The van der Waals surface area contributed by atoms with E-state index in [4.69, 9.17) is 0 Å². The van der Waals surface area contributed by atoms with Gasteiger partial charge in [-0.05, 0) is 29.8 Å². The molecule has 0 aromatic heterocycles. The maximum Gasteiger partial charge on any atom is 0.0866 e. The summed E-state index contributed by atoms with van der Waals surface area (Å²) in [4.78, 5) is 6.81. The molecular formula is C20H18N2. The predicted octanol–water partition coefficient (Wildman–Crippen LogP) is 5.21. The summed E-state index contributed by atoms with van der Waals surface area (Å²) in [5.41, 5.74) is 4.28. The summed E-state index contributed by atoms with van der Waals surface area (Å²) >= 11 is 0. The zero-order valence-corrected chi connectivity index (χ0v) is 12.6. The summed E-state index contributed by atoms with van der Waals surface area (Å²) in [5.74, 6) is 0. The average Bonchev–Trinajstić information content (AvgIpc) is 2.61. The first-order valence-electron chi connectivity index (χ1n) is 7.31. The lowest BCUT2D eigenvalue weighted by atomic mass is 10.2. The van der Waals surface area contributed by atoms with Gasteiger partial charge in [-0.2, -0.15) is 0 Å². The first-order valence-corrected chi connectivity index (χ1v) is 7.31. The van der Waals surface area contributed by atoms with Gasteiger partial charge < -0.3 is 4.90 Å². The van der Waals surface area contributed by atoms with Gasteiger partial charge in [0.25, 0.3) is 0 Å². The third kappa shape index (κ3) is 3.23. The topological polar surface area (TPSA) is 15.6 Å². The van der Waals surface area contributed by atoms with E-state index >= 15 is 0 Å². The Kier molecular flexibility index (Phi) is 4.30. The highest BCUT2D eigenvalue weighted by Crippen LogP contribution is 2.32. The highest BCUT2D eigenvalue weighted by molar-refractivity contribution is 5.85. The van der Waals surface area contributed by atoms with Crippen LogP contribution in [0.5, 0.6) is 0 Å². The second-order valence-corrected chi connectivity index (χ2v) is 5.05. The minimum absolute atomic E-state index is 0.956. The van der Waals surface area contributed by atoms with Gasteiger partial charge in [-0.25, -0.2) is 0 Å². The van der Waals surface area contributed by atoms with Gasteiger partial charge in [0, 0.05) is 18.9 Å². The molecule has 2 heteroatoms. The summed E-state index contributed by atoms with van der Waals surface area (Å²) in [6, 6.07) is 28.6. The highest BCUT2D eigenvalue weighted by atomic mass is 15.1. The van der Waals surface area contributed by atoms with Crippen molar-refractivity contribution in [3.63, 3.8) is 0 Å². The second kappa shape index (κ2) is 6.72. The molecule has 22 heavy (non-hydrogen) atoms. The van der Waals surface area contributed by atoms with E-state index in [2.05, 4.69) is 35.1 Å². The standard InChI is InChI=1S/C20H18N2/c1-22(18-12-6-3-7-13-18)20-15-9-8-14-19(20)21-16-17-10-4-2-5-11-17/h2-16H,1H3. The smallest absolute Gasteiger partial charge is 0.0866 e. The van der Waals surface area contributed by atoms with Crippen LogP contribution in [0.25, 0.3) is 0 Å². The number of para-hydroxylation sites is 3. The fourth-order valence-corrected chi connectivity index (χ4v) is 2.33. The number of benzene rings is 3. The molecule has 0 N–H and O–H groups in total. The largest absolute Gasteiger partial charge is 0.343 e. The molecule has 0 aliphatic heterocycles. The van der Waals surface area contributed by atoms with Crippen LogP contribution >= 0.6 is 0 Å². The average molecular weight is 286 g/mol. The van der Waals surface area contributed by atoms with E-state index < -0.39 is 0 Å². The lowest BCUT2D eigenvalue weighted by Gasteiger charge is -2.21. The van der Waals surface area contributed by atoms with E-state index in [1.807, 2.05) is 72.9 Å². The molecule has 0 aliphatic rings. The van der Waals surface area contributed by atoms with Crippen LogP contribution in [0.1, 0.15) is 5.56 Å². The van der Waals surface area contributed by atoms with Crippen LogP contribution < -0.4 is 4.90 Å². The summed E-state index contributed by atoms with van der Waals surface area (Å²) in [5, 5.41) is 0. The fraction of sp³-hybridized carbons (Fsp3) is 0.0500. The summed E-state index contributed by atoms with van der Waals surface area (Å²) in [6.45, 7) is 0. The van der Waals surface area contributed by atoms with E-state index in [-0.39, 0.29) is 0 Å². The maximum absolute atomic E-state index is 4.66. The Hall–Kier alpha value is -2.87. The van der Waals surface area contributed by atoms with Gasteiger partial charge in [-0.1, -0.05) is 60.7 Å². The zero-order valence-electron chi connectivity index (χ0n) is 12.6. The minimum Gasteiger partial charge on any atom is -0.343 e. The van der Waals surface area contributed by atoms with Gasteiger partial charge >= 0.3 is 0 Å². The molecule has 108 valence electrons. The monoisotopic (exact) mass is 286 g/mol. The predicted molar refractivity (Wildman–Crippen MR) is 94.6 cm³/mol. The summed E-state index contributed by atoms with van der Waals surface area (Å²) in [7, 11) is 2.06. The molecule has 0 radical (unpaired) electrons. The van der Waals surface area contributed by atoms with Crippen molar-refractivity contribution in [2.24, 2.45) is 4.99 Å². The SMILES string of the molecule is CN(c1ccccc1)c1ccccc1N=Cc1ccccc1. The molecule has 0 fully saturated rings. The van der Waals surface area contributed by atoms with E-state index in [0.717, 1.165) is 22.6 Å². The molecule has 0 aliphatic carbocycles. The first-order chi connectivity index (χ1) is 10.8. The molecule has 0 saturated carbocycles. The van der Waals surface area contributed by atoms with E-state index in [0.29, 0.717) is 0 Å². The van der Waals surface area contributed by atoms with Crippen LogP contribution in [-0.2, 0) is 0 Å². The Morgan fingerprint density at radius 1 is 0.727 bits per heavy atom. The van der Waals surface area contributed by atoms with Crippen molar-refractivity contribution in [2.45, 2.75) is 0 Å². The Bertz CT molecular complexity index is 749. The van der Waals surface area contributed by atoms with Crippen LogP contribution in [0.4, 0.5) is 17.1 Å². The minimum atomic E-state index is 0.956. The van der Waals surface area contributed by atoms with Gasteiger partial charge in [0.15, 0.2) is 0 Å². The Morgan fingerprint density at radius 2 is 1.32 bits per heavy atom. The Labute approximate surface area is 131 Å². The van der Waals surface area contributed by atoms with Crippen LogP contribution in [0.15, 0.2) is 89.9 Å².